The van der Waals surface area contributed by atoms with Gasteiger partial charge in [-0.1, -0.05) is 0 Å². The zero-order valence-corrected chi connectivity index (χ0v) is 6.96. The molecule has 0 amide bonds. The second kappa shape index (κ2) is 3.68. The smallest absolute Gasteiger partial charge is 0.0992 e. The Kier molecular flexibility index (Phi) is 3.03. The predicted octanol–water partition coefficient (Wildman–Crippen LogP) is -2.62. The number of hydrogen-bond acceptors (Lipinski definition) is 5. The molecular weight excluding hydrogens is 162 g/mol. The van der Waals surface area contributed by atoms with Crippen LogP contribution >= 0.6 is 0 Å². The number of aliphatic hydroxyl groups excluding tert-OH is 4. The lowest BCUT2D eigenvalue weighted by molar-refractivity contribution is 0.0130. The molecule has 1 aliphatic rings. The maximum Gasteiger partial charge on any atom is 0.0992 e. The van der Waals surface area contributed by atoms with Crippen LogP contribution in [-0.2, 0) is 0 Å². The van der Waals surface area contributed by atoms with Crippen molar-refractivity contribution in [2.45, 2.75) is 24.3 Å². The second-order valence-electron chi connectivity index (χ2n) is 3.15. The molecule has 4 atom stereocenters. The maximum absolute atomic E-state index is 9.37. The lowest BCUT2D eigenvalue weighted by Gasteiger charge is -2.22. The van der Waals surface area contributed by atoms with Gasteiger partial charge in [-0.25, -0.2) is 0 Å². The Morgan fingerprint density at radius 2 is 1.33 bits per heavy atom. The second-order valence-corrected chi connectivity index (χ2v) is 3.15. The third kappa shape index (κ3) is 1.34. The molecule has 3 unspecified atom stereocenters. The van der Waals surface area contributed by atoms with Gasteiger partial charge >= 0.3 is 0 Å². The summed E-state index contributed by atoms with van der Waals surface area (Å²) in [4.78, 5) is 1.59. The lowest BCUT2D eigenvalue weighted by atomic mass is 10.1. The molecule has 0 aromatic carbocycles. The molecule has 5 nitrogen and oxygen atoms in total. The fourth-order valence-corrected chi connectivity index (χ4v) is 1.66. The minimum atomic E-state index is -0.975. The molecule has 0 aromatic heterocycles. The average molecular weight is 177 g/mol. The van der Waals surface area contributed by atoms with Crippen molar-refractivity contribution in [3.05, 3.63) is 0 Å². The van der Waals surface area contributed by atoms with Crippen molar-refractivity contribution >= 4 is 0 Å². The average Bonchev–Trinajstić information content (AvgIpc) is 2.25. The van der Waals surface area contributed by atoms with Crippen molar-refractivity contribution in [2.24, 2.45) is 0 Å². The molecule has 0 aliphatic carbocycles. The van der Waals surface area contributed by atoms with Crippen LogP contribution in [0.5, 0.6) is 0 Å². The van der Waals surface area contributed by atoms with E-state index < -0.39 is 24.3 Å². The van der Waals surface area contributed by atoms with Crippen LogP contribution in [0.2, 0.25) is 0 Å². The molecule has 5 heteroatoms. The van der Waals surface area contributed by atoms with E-state index in [2.05, 4.69) is 0 Å². The van der Waals surface area contributed by atoms with E-state index in [9.17, 15) is 10.2 Å². The van der Waals surface area contributed by atoms with Crippen molar-refractivity contribution < 1.29 is 20.4 Å². The topological polar surface area (TPSA) is 84.2 Å². The van der Waals surface area contributed by atoms with Crippen molar-refractivity contribution in [3.8, 4) is 0 Å². The summed E-state index contributed by atoms with van der Waals surface area (Å²) >= 11 is 0. The molecule has 0 saturated carbocycles. The Labute approximate surface area is 70.9 Å². The van der Waals surface area contributed by atoms with E-state index in [0.717, 1.165) is 0 Å². The summed E-state index contributed by atoms with van der Waals surface area (Å²) in [5, 5.41) is 36.4. The Bertz CT molecular complexity index is 138. The van der Waals surface area contributed by atoms with Gasteiger partial charge in [0, 0.05) is 0 Å². The van der Waals surface area contributed by atoms with E-state index in [1.54, 1.807) is 11.9 Å². The summed E-state index contributed by atoms with van der Waals surface area (Å²) < 4.78 is 0. The van der Waals surface area contributed by atoms with Gasteiger partial charge in [0.1, 0.15) is 0 Å². The third-order valence-corrected chi connectivity index (χ3v) is 2.56. The first-order valence-electron chi connectivity index (χ1n) is 3.93. The Morgan fingerprint density at radius 3 is 1.50 bits per heavy atom. The number of likely N-dealkylation sites (N-methyl/N-ethyl adjacent to an activating group) is 1. The number of hydrogen-bond donors (Lipinski definition) is 4. The van der Waals surface area contributed by atoms with Gasteiger partial charge in [0.05, 0.1) is 37.5 Å². The van der Waals surface area contributed by atoms with Crippen LogP contribution in [0.25, 0.3) is 0 Å². The highest BCUT2D eigenvalue weighted by atomic mass is 16.3. The zero-order chi connectivity index (χ0) is 9.30. The van der Waals surface area contributed by atoms with E-state index in [1.165, 1.54) is 0 Å². The molecule has 1 heterocycles. The molecule has 1 saturated heterocycles. The summed E-state index contributed by atoms with van der Waals surface area (Å²) in [5.74, 6) is 0. The maximum atomic E-state index is 9.37. The van der Waals surface area contributed by atoms with E-state index in [4.69, 9.17) is 10.2 Å². The highest BCUT2D eigenvalue weighted by molar-refractivity contribution is 4.98. The molecule has 0 aromatic rings. The van der Waals surface area contributed by atoms with Crippen LogP contribution in [0.3, 0.4) is 0 Å². The van der Waals surface area contributed by atoms with Crippen molar-refractivity contribution in [1.82, 2.24) is 4.90 Å². The van der Waals surface area contributed by atoms with E-state index in [0.29, 0.717) is 0 Å². The van der Waals surface area contributed by atoms with E-state index >= 15 is 0 Å². The number of aliphatic hydroxyl groups is 4. The number of likely N-dealkylation sites (tertiary alicyclic amines) is 1. The first-order chi connectivity index (χ1) is 5.63. The first-order valence-corrected chi connectivity index (χ1v) is 3.93. The number of rotatable bonds is 2. The minimum absolute atomic E-state index is 0.217. The van der Waals surface area contributed by atoms with Gasteiger partial charge in [0.2, 0.25) is 0 Å². The lowest BCUT2D eigenvalue weighted by Crippen LogP contribution is -2.39. The molecule has 1 fully saturated rings. The largest absolute Gasteiger partial charge is 0.395 e. The summed E-state index contributed by atoms with van der Waals surface area (Å²) in [6, 6.07) is -0.950. The standard InChI is InChI=1S/C7H15NO4/c1-8-4(2-9)6(11)7(12)5(8)3-10/h4-7,9-12H,2-3H2,1H3/t4?,5?,6-,7?/m1/s1. The van der Waals surface area contributed by atoms with Crippen molar-refractivity contribution in [1.29, 1.82) is 0 Å². The minimum Gasteiger partial charge on any atom is -0.395 e. The summed E-state index contributed by atoms with van der Waals surface area (Å²) in [6.07, 6.45) is -1.95. The molecule has 0 spiro atoms. The quantitative estimate of drug-likeness (QED) is 0.371. The summed E-state index contributed by atoms with van der Waals surface area (Å²) in [5.41, 5.74) is 0. The van der Waals surface area contributed by atoms with Crippen molar-refractivity contribution in [2.75, 3.05) is 20.3 Å². The Hall–Kier alpha value is -0.200. The van der Waals surface area contributed by atoms with Gasteiger partial charge in [-0.05, 0) is 7.05 Å². The molecule has 1 rings (SSSR count). The van der Waals surface area contributed by atoms with E-state index in [1.807, 2.05) is 0 Å². The van der Waals surface area contributed by atoms with Gasteiger partial charge in [-0.3, -0.25) is 4.90 Å². The van der Waals surface area contributed by atoms with Gasteiger partial charge in [-0.15, -0.1) is 0 Å². The molecule has 1 aliphatic heterocycles. The normalized spacial score (nSPS) is 43.8. The molecule has 0 radical (unpaired) electrons. The van der Waals surface area contributed by atoms with Gasteiger partial charge in [0.15, 0.2) is 0 Å². The van der Waals surface area contributed by atoms with Gasteiger partial charge < -0.3 is 20.4 Å². The highest BCUT2D eigenvalue weighted by Crippen LogP contribution is 2.22. The zero-order valence-electron chi connectivity index (χ0n) is 6.96. The fourth-order valence-electron chi connectivity index (χ4n) is 1.66. The van der Waals surface area contributed by atoms with Crippen LogP contribution in [0, 0.1) is 0 Å². The number of nitrogens with zero attached hydrogens (tertiary/aromatic N) is 1. The molecule has 4 N–H and O–H groups in total. The molecule has 12 heavy (non-hydrogen) atoms. The SMILES string of the molecule is CN1C(CO)C(O)[C@H](O)C1CO. The van der Waals surface area contributed by atoms with E-state index in [-0.39, 0.29) is 13.2 Å². The Balaban J connectivity index is 2.71. The van der Waals surface area contributed by atoms with Crippen LogP contribution in [0.4, 0.5) is 0 Å². The Morgan fingerprint density at radius 1 is 1.00 bits per heavy atom. The van der Waals surface area contributed by atoms with Crippen LogP contribution in [0.15, 0.2) is 0 Å². The molecule has 0 bridgehead atoms. The third-order valence-electron chi connectivity index (χ3n) is 2.56. The fraction of sp³-hybridized carbons (Fsp3) is 1.00. The van der Waals surface area contributed by atoms with Crippen molar-refractivity contribution in [3.63, 3.8) is 0 Å². The highest BCUT2D eigenvalue weighted by Gasteiger charge is 2.44. The molecular formula is C7H15NO4. The monoisotopic (exact) mass is 177 g/mol. The molecule has 72 valence electrons. The summed E-state index contributed by atoms with van der Waals surface area (Å²) in [6.45, 7) is -0.434. The first kappa shape index (κ1) is 9.88. The van der Waals surface area contributed by atoms with Gasteiger partial charge in [0.25, 0.3) is 0 Å². The predicted molar refractivity (Wildman–Crippen MR) is 41.5 cm³/mol. The van der Waals surface area contributed by atoms with Crippen LogP contribution < -0.4 is 0 Å². The van der Waals surface area contributed by atoms with Crippen LogP contribution in [-0.4, -0.2) is 69.9 Å². The summed E-state index contributed by atoms with van der Waals surface area (Å²) in [7, 11) is 1.65. The van der Waals surface area contributed by atoms with Gasteiger partial charge in [-0.2, -0.15) is 0 Å². The van der Waals surface area contributed by atoms with Crippen LogP contribution in [0.1, 0.15) is 0 Å².